The quantitative estimate of drug-likeness (QED) is 0.666. The molecule has 0 bridgehead atoms. The van der Waals surface area contributed by atoms with Gasteiger partial charge >= 0.3 is 0 Å². The van der Waals surface area contributed by atoms with Crippen LogP contribution >= 0.6 is 0 Å². The Hall–Kier alpha value is -1.05. The molecule has 0 saturated heterocycles. The zero-order valence-corrected chi connectivity index (χ0v) is 14.2. The summed E-state index contributed by atoms with van der Waals surface area (Å²) < 4.78 is 0. The predicted octanol–water partition coefficient (Wildman–Crippen LogP) is 4.23. The van der Waals surface area contributed by atoms with Gasteiger partial charge in [-0.1, -0.05) is 31.1 Å². The second-order valence-corrected chi connectivity index (χ2v) is 8.62. The van der Waals surface area contributed by atoms with Gasteiger partial charge in [-0.15, -0.1) is 0 Å². The van der Waals surface area contributed by atoms with Crippen LogP contribution in [0, 0.1) is 28.6 Å². The molecular formula is C20H29NO. The van der Waals surface area contributed by atoms with Crippen molar-refractivity contribution in [2.24, 2.45) is 28.6 Å². The minimum absolute atomic E-state index is 0.135. The standard InChI is InChI=1S/C20H29NO/c1-13-4-7-16-15-6-5-14-12-18(22)21-11-10-20(14,3)17(15)8-9-19(13,16)2/h4,12,15-17H,5-11H2,1-3H3,(H,21,22). The van der Waals surface area contributed by atoms with E-state index in [1.54, 1.807) is 5.57 Å². The lowest BCUT2D eigenvalue weighted by atomic mass is 9.48. The summed E-state index contributed by atoms with van der Waals surface area (Å²) in [5.41, 5.74) is 3.78. The number of amides is 1. The summed E-state index contributed by atoms with van der Waals surface area (Å²) in [5, 5.41) is 3.06. The number of carbonyl (C=O) groups is 1. The molecule has 2 nitrogen and oxygen atoms in total. The molecule has 1 heterocycles. The molecule has 5 atom stereocenters. The fraction of sp³-hybridized carbons (Fsp3) is 0.750. The van der Waals surface area contributed by atoms with Gasteiger partial charge < -0.3 is 5.32 Å². The highest BCUT2D eigenvalue weighted by atomic mass is 16.1. The topological polar surface area (TPSA) is 29.1 Å². The lowest BCUT2D eigenvalue weighted by Crippen LogP contribution is -2.49. The van der Waals surface area contributed by atoms with Crippen LogP contribution in [0.5, 0.6) is 0 Å². The highest BCUT2D eigenvalue weighted by Gasteiger charge is 2.55. The van der Waals surface area contributed by atoms with Crippen molar-refractivity contribution in [2.45, 2.75) is 59.3 Å². The molecule has 0 aromatic rings. The van der Waals surface area contributed by atoms with Crippen LogP contribution < -0.4 is 5.32 Å². The molecule has 2 fully saturated rings. The summed E-state index contributed by atoms with van der Waals surface area (Å²) in [7, 11) is 0. The van der Waals surface area contributed by atoms with Crippen LogP contribution in [0.3, 0.4) is 0 Å². The van der Waals surface area contributed by atoms with E-state index in [1.165, 1.54) is 31.3 Å². The molecule has 0 aromatic carbocycles. The average Bonchev–Trinajstić information content (AvgIpc) is 2.68. The van der Waals surface area contributed by atoms with E-state index in [0.29, 0.717) is 5.41 Å². The van der Waals surface area contributed by atoms with Gasteiger partial charge in [-0.25, -0.2) is 0 Å². The molecule has 2 heteroatoms. The van der Waals surface area contributed by atoms with Crippen LogP contribution in [0.4, 0.5) is 0 Å². The minimum Gasteiger partial charge on any atom is -0.353 e. The summed E-state index contributed by atoms with van der Waals surface area (Å²) in [6.07, 6.45) is 12.0. The summed E-state index contributed by atoms with van der Waals surface area (Å²) in [4.78, 5) is 11.9. The van der Waals surface area contributed by atoms with Crippen molar-refractivity contribution in [1.29, 1.82) is 0 Å². The van der Waals surface area contributed by atoms with E-state index in [-0.39, 0.29) is 11.3 Å². The molecule has 3 aliphatic carbocycles. The van der Waals surface area contributed by atoms with Gasteiger partial charge in [-0.05, 0) is 74.0 Å². The van der Waals surface area contributed by atoms with E-state index in [2.05, 4.69) is 32.2 Å². The zero-order valence-electron chi connectivity index (χ0n) is 14.2. The minimum atomic E-state index is 0.135. The summed E-state index contributed by atoms with van der Waals surface area (Å²) >= 11 is 0. The van der Waals surface area contributed by atoms with E-state index in [9.17, 15) is 4.79 Å². The van der Waals surface area contributed by atoms with E-state index in [4.69, 9.17) is 0 Å². The SMILES string of the molecule is CC1=CCC2C3CCC4=CC(=O)NCCC4(C)C3CCC12C. The van der Waals surface area contributed by atoms with E-state index >= 15 is 0 Å². The molecule has 2 saturated carbocycles. The van der Waals surface area contributed by atoms with Crippen molar-refractivity contribution in [3.63, 3.8) is 0 Å². The maximum Gasteiger partial charge on any atom is 0.243 e. The second-order valence-electron chi connectivity index (χ2n) is 8.62. The maximum absolute atomic E-state index is 11.9. The van der Waals surface area contributed by atoms with E-state index in [1.807, 2.05) is 6.08 Å². The van der Waals surface area contributed by atoms with Crippen LogP contribution in [0.25, 0.3) is 0 Å². The number of rotatable bonds is 0. The fourth-order valence-corrected chi connectivity index (χ4v) is 6.35. The molecule has 0 spiro atoms. The van der Waals surface area contributed by atoms with Gasteiger partial charge in [0.15, 0.2) is 0 Å². The molecule has 1 aliphatic heterocycles. The van der Waals surface area contributed by atoms with E-state index in [0.717, 1.165) is 37.1 Å². The highest BCUT2D eigenvalue weighted by molar-refractivity contribution is 5.88. The molecule has 1 amide bonds. The van der Waals surface area contributed by atoms with Crippen molar-refractivity contribution in [2.75, 3.05) is 6.54 Å². The van der Waals surface area contributed by atoms with Crippen LogP contribution in [0.2, 0.25) is 0 Å². The first kappa shape index (κ1) is 14.5. The number of allylic oxidation sites excluding steroid dienone is 3. The van der Waals surface area contributed by atoms with Crippen molar-refractivity contribution in [3.05, 3.63) is 23.3 Å². The van der Waals surface area contributed by atoms with Gasteiger partial charge in [0.2, 0.25) is 5.91 Å². The molecule has 0 radical (unpaired) electrons. The second kappa shape index (κ2) is 4.72. The first-order valence-corrected chi connectivity index (χ1v) is 9.11. The number of fused-ring (bicyclic) bond motifs is 5. The normalized spacial score (nSPS) is 47.4. The number of carbonyl (C=O) groups excluding carboxylic acids is 1. The predicted molar refractivity (Wildman–Crippen MR) is 89.2 cm³/mol. The van der Waals surface area contributed by atoms with Gasteiger partial charge in [0.1, 0.15) is 0 Å². The largest absolute Gasteiger partial charge is 0.353 e. The number of nitrogens with one attached hydrogen (secondary N) is 1. The number of hydrogen-bond acceptors (Lipinski definition) is 1. The van der Waals surface area contributed by atoms with Gasteiger partial charge in [-0.3, -0.25) is 4.79 Å². The van der Waals surface area contributed by atoms with E-state index < -0.39 is 0 Å². The van der Waals surface area contributed by atoms with Gasteiger partial charge in [-0.2, -0.15) is 0 Å². The molecule has 5 unspecified atom stereocenters. The third-order valence-corrected chi connectivity index (χ3v) is 7.95. The Labute approximate surface area is 134 Å². The Morgan fingerprint density at radius 2 is 1.95 bits per heavy atom. The maximum atomic E-state index is 11.9. The monoisotopic (exact) mass is 299 g/mol. The Morgan fingerprint density at radius 3 is 2.77 bits per heavy atom. The smallest absolute Gasteiger partial charge is 0.243 e. The Kier molecular flexibility index (Phi) is 3.12. The van der Waals surface area contributed by atoms with Crippen LogP contribution in [-0.4, -0.2) is 12.5 Å². The Balaban J connectivity index is 1.69. The van der Waals surface area contributed by atoms with Crippen LogP contribution in [0.1, 0.15) is 59.3 Å². The summed E-state index contributed by atoms with van der Waals surface area (Å²) in [5.74, 6) is 2.60. The van der Waals surface area contributed by atoms with Crippen LogP contribution in [0.15, 0.2) is 23.3 Å². The first-order chi connectivity index (χ1) is 10.4. The fourth-order valence-electron chi connectivity index (χ4n) is 6.35. The molecule has 22 heavy (non-hydrogen) atoms. The number of hydrogen-bond donors (Lipinski definition) is 1. The Bertz CT molecular complexity index is 574. The average molecular weight is 299 g/mol. The molecular weight excluding hydrogens is 270 g/mol. The van der Waals surface area contributed by atoms with Crippen molar-refractivity contribution < 1.29 is 4.79 Å². The molecule has 120 valence electrons. The lowest BCUT2D eigenvalue weighted by Gasteiger charge is -2.56. The van der Waals surface area contributed by atoms with Crippen LogP contribution in [-0.2, 0) is 4.79 Å². The molecule has 1 N–H and O–H groups in total. The zero-order chi connectivity index (χ0) is 15.5. The molecule has 4 rings (SSSR count). The molecule has 0 aromatic heterocycles. The van der Waals surface area contributed by atoms with Crippen molar-refractivity contribution in [3.8, 4) is 0 Å². The highest BCUT2D eigenvalue weighted by Crippen LogP contribution is 2.64. The summed E-state index contributed by atoms with van der Waals surface area (Å²) in [6, 6.07) is 0. The van der Waals surface area contributed by atoms with Gasteiger partial charge in [0.05, 0.1) is 0 Å². The lowest BCUT2D eigenvalue weighted by molar-refractivity contribution is -0.116. The van der Waals surface area contributed by atoms with Gasteiger partial charge in [0, 0.05) is 12.6 Å². The Morgan fingerprint density at radius 1 is 1.14 bits per heavy atom. The summed E-state index contributed by atoms with van der Waals surface area (Å²) in [6.45, 7) is 8.16. The third-order valence-electron chi connectivity index (χ3n) is 7.95. The van der Waals surface area contributed by atoms with Gasteiger partial charge in [0.25, 0.3) is 0 Å². The van der Waals surface area contributed by atoms with Crippen molar-refractivity contribution >= 4 is 5.91 Å². The molecule has 4 aliphatic rings. The first-order valence-electron chi connectivity index (χ1n) is 9.11. The van der Waals surface area contributed by atoms with Crippen molar-refractivity contribution in [1.82, 2.24) is 5.32 Å². The third kappa shape index (κ3) is 1.82.